The number of rotatable bonds is 3. The minimum Gasteiger partial charge on any atom is -0.461 e. The molecule has 0 spiro atoms. The average molecular weight is 215 g/mol. The summed E-state index contributed by atoms with van der Waals surface area (Å²) in [4.78, 5) is 15.3. The maximum absolute atomic E-state index is 11.3. The van der Waals surface area contributed by atoms with Gasteiger partial charge in [-0.05, 0) is 13.8 Å². The molecule has 1 heterocycles. The summed E-state index contributed by atoms with van der Waals surface area (Å²) >= 11 is 1.22. The topological polar surface area (TPSA) is 91.2 Å². The van der Waals surface area contributed by atoms with Gasteiger partial charge in [0.1, 0.15) is 10.0 Å². The van der Waals surface area contributed by atoms with E-state index in [0.29, 0.717) is 16.6 Å². The molecule has 0 aliphatic rings. The number of esters is 1. The molecule has 4 N–H and O–H groups in total. The van der Waals surface area contributed by atoms with Gasteiger partial charge in [-0.3, -0.25) is 0 Å². The summed E-state index contributed by atoms with van der Waals surface area (Å²) < 4.78 is 4.79. The lowest BCUT2D eigenvalue weighted by Gasteiger charge is -1.98. The van der Waals surface area contributed by atoms with Crippen LogP contribution in [0.4, 0.5) is 5.00 Å². The average Bonchev–Trinajstić information content (AvgIpc) is 2.48. The summed E-state index contributed by atoms with van der Waals surface area (Å²) in [7, 11) is 0. The molecule has 1 aromatic heterocycles. The Morgan fingerprint density at radius 3 is 2.79 bits per heavy atom. The van der Waals surface area contributed by atoms with Gasteiger partial charge in [0.2, 0.25) is 0 Å². The number of nitrogens with two attached hydrogens (primary N) is 2. The zero-order chi connectivity index (χ0) is 10.7. The lowest BCUT2D eigenvalue weighted by atomic mass is 10.4. The van der Waals surface area contributed by atoms with Gasteiger partial charge in [0, 0.05) is 0 Å². The molecular weight excluding hydrogens is 202 g/mol. The van der Waals surface area contributed by atoms with Gasteiger partial charge < -0.3 is 16.2 Å². The second kappa shape index (κ2) is 4.39. The van der Waals surface area contributed by atoms with E-state index < -0.39 is 5.97 Å². The fourth-order valence-electron chi connectivity index (χ4n) is 0.890. The van der Waals surface area contributed by atoms with Crippen molar-refractivity contribution in [1.82, 2.24) is 4.98 Å². The van der Waals surface area contributed by atoms with Gasteiger partial charge in [-0.15, -0.1) is 0 Å². The van der Waals surface area contributed by atoms with E-state index in [1.807, 2.05) is 0 Å². The maximum atomic E-state index is 11.3. The van der Waals surface area contributed by atoms with Crippen LogP contribution in [0.3, 0.4) is 0 Å². The smallest absolute Gasteiger partial charge is 0.360 e. The van der Waals surface area contributed by atoms with Crippen LogP contribution in [0.25, 0.3) is 0 Å². The van der Waals surface area contributed by atoms with Crippen LogP contribution in [0.5, 0.6) is 0 Å². The first kappa shape index (κ1) is 10.9. The second-order valence-corrected chi connectivity index (χ2v) is 3.84. The molecule has 1 aromatic rings. The van der Waals surface area contributed by atoms with Gasteiger partial charge >= 0.3 is 5.97 Å². The number of thiazole rings is 1. The van der Waals surface area contributed by atoms with Crippen molar-refractivity contribution < 1.29 is 9.53 Å². The minimum absolute atomic E-state index is 0.171. The number of aromatic nitrogens is 1. The van der Waals surface area contributed by atoms with Crippen molar-refractivity contribution in [3.05, 3.63) is 10.7 Å². The van der Waals surface area contributed by atoms with Crippen LogP contribution < -0.4 is 11.5 Å². The predicted octanol–water partition coefficient (Wildman–Crippen LogP) is 0.922. The number of hydrogen-bond acceptors (Lipinski definition) is 6. The molecule has 0 amide bonds. The zero-order valence-corrected chi connectivity index (χ0v) is 8.93. The molecule has 0 aromatic carbocycles. The molecule has 0 fully saturated rings. The van der Waals surface area contributed by atoms with E-state index in [1.54, 1.807) is 13.8 Å². The Morgan fingerprint density at radius 2 is 2.36 bits per heavy atom. The van der Waals surface area contributed by atoms with Crippen LogP contribution in [-0.2, 0) is 4.74 Å². The summed E-state index contributed by atoms with van der Waals surface area (Å²) in [5, 5.41) is 1.00. The Labute approximate surface area is 86.1 Å². The Morgan fingerprint density at radius 1 is 1.71 bits per heavy atom. The molecule has 78 valence electrons. The van der Waals surface area contributed by atoms with E-state index in [4.69, 9.17) is 16.2 Å². The Kier molecular flexibility index (Phi) is 3.43. The second-order valence-electron chi connectivity index (χ2n) is 2.77. The predicted molar refractivity (Wildman–Crippen MR) is 55.1 cm³/mol. The van der Waals surface area contributed by atoms with Crippen LogP contribution in [0, 0.1) is 0 Å². The van der Waals surface area contributed by atoms with Crippen LogP contribution in [0.2, 0.25) is 0 Å². The van der Waals surface area contributed by atoms with Gasteiger partial charge in [0.25, 0.3) is 0 Å². The fourth-order valence-corrected chi connectivity index (χ4v) is 1.66. The lowest BCUT2D eigenvalue weighted by Crippen LogP contribution is -2.09. The maximum Gasteiger partial charge on any atom is 0.360 e. The molecule has 0 aliphatic heterocycles. The minimum atomic E-state index is -0.492. The highest BCUT2D eigenvalue weighted by Gasteiger charge is 2.18. The number of hydrogen-bond donors (Lipinski definition) is 2. The van der Waals surface area contributed by atoms with E-state index in [1.165, 1.54) is 11.3 Å². The van der Waals surface area contributed by atoms with Crippen molar-refractivity contribution in [2.75, 3.05) is 12.3 Å². The molecule has 6 heteroatoms. The number of carbonyl (C=O) groups excluding carboxylic acids is 1. The van der Waals surface area contributed by atoms with Crippen LogP contribution in [0.1, 0.15) is 35.4 Å². The summed E-state index contributed by atoms with van der Waals surface area (Å²) in [6.45, 7) is 3.82. The first-order valence-corrected chi connectivity index (χ1v) is 5.06. The van der Waals surface area contributed by atoms with E-state index in [2.05, 4.69) is 4.98 Å². The van der Waals surface area contributed by atoms with Gasteiger partial charge in [0.05, 0.1) is 12.6 Å². The van der Waals surface area contributed by atoms with E-state index in [0.717, 1.165) is 0 Å². The molecule has 0 bridgehead atoms. The normalized spacial score (nSPS) is 12.5. The van der Waals surface area contributed by atoms with Gasteiger partial charge in [-0.25, -0.2) is 9.78 Å². The SMILES string of the molecule is CCOC(=O)c1nc(C(C)N)sc1N. The largest absolute Gasteiger partial charge is 0.461 e. The molecule has 0 saturated heterocycles. The van der Waals surface area contributed by atoms with Crippen molar-refractivity contribution in [1.29, 1.82) is 0 Å². The first-order chi connectivity index (χ1) is 6.56. The highest BCUT2D eigenvalue weighted by atomic mass is 32.1. The van der Waals surface area contributed by atoms with Crippen molar-refractivity contribution in [2.45, 2.75) is 19.9 Å². The van der Waals surface area contributed by atoms with Crippen LogP contribution in [0.15, 0.2) is 0 Å². The van der Waals surface area contributed by atoms with Crippen molar-refractivity contribution in [3.8, 4) is 0 Å². The number of nitrogen functional groups attached to an aromatic ring is 1. The molecule has 5 nitrogen and oxygen atoms in total. The quantitative estimate of drug-likeness (QED) is 0.731. The Hall–Kier alpha value is -1.14. The van der Waals surface area contributed by atoms with Crippen LogP contribution in [-0.4, -0.2) is 17.6 Å². The number of ether oxygens (including phenoxy) is 1. The number of nitrogens with zero attached hydrogens (tertiary/aromatic N) is 1. The highest BCUT2D eigenvalue weighted by molar-refractivity contribution is 7.16. The Bertz CT molecular complexity index is 335. The molecule has 1 rings (SSSR count). The fraction of sp³-hybridized carbons (Fsp3) is 0.500. The summed E-state index contributed by atoms with van der Waals surface area (Å²) in [5.41, 5.74) is 11.4. The van der Waals surface area contributed by atoms with Crippen LogP contribution >= 0.6 is 11.3 Å². The summed E-state index contributed by atoms with van der Waals surface area (Å²) in [5.74, 6) is -0.492. The molecule has 0 saturated carbocycles. The standard InChI is InChI=1S/C8H13N3O2S/c1-3-13-8(12)5-6(10)14-7(11-5)4(2)9/h4H,3,9-10H2,1-2H3. The Balaban J connectivity index is 2.92. The third-order valence-corrected chi connectivity index (χ3v) is 2.61. The van der Waals surface area contributed by atoms with Gasteiger partial charge in [0.15, 0.2) is 5.69 Å². The third kappa shape index (κ3) is 2.21. The lowest BCUT2D eigenvalue weighted by molar-refractivity contribution is 0.0521. The van der Waals surface area contributed by atoms with E-state index >= 15 is 0 Å². The molecular formula is C8H13N3O2S. The van der Waals surface area contributed by atoms with Crippen molar-refractivity contribution in [3.63, 3.8) is 0 Å². The number of anilines is 1. The zero-order valence-electron chi connectivity index (χ0n) is 8.11. The van der Waals surface area contributed by atoms with Gasteiger partial charge in [-0.2, -0.15) is 0 Å². The molecule has 1 atom stereocenters. The monoisotopic (exact) mass is 215 g/mol. The molecule has 0 aliphatic carbocycles. The van der Waals surface area contributed by atoms with E-state index in [9.17, 15) is 4.79 Å². The summed E-state index contributed by atoms with van der Waals surface area (Å²) in [6, 6.07) is -0.217. The molecule has 14 heavy (non-hydrogen) atoms. The summed E-state index contributed by atoms with van der Waals surface area (Å²) in [6.07, 6.45) is 0. The highest BCUT2D eigenvalue weighted by Crippen LogP contribution is 2.25. The van der Waals surface area contributed by atoms with Crippen molar-refractivity contribution in [2.24, 2.45) is 5.73 Å². The molecule has 1 unspecified atom stereocenters. The van der Waals surface area contributed by atoms with Crippen molar-refractivity contribution >= 4 is 22.3 Å². The van der Waals surface area contributed by atoms with Gasteiger partial charge in [-0.1, -0.05) is 11.3 Å². The first-order valence-electron chi connectivity index (χ1n) is 4.25. The molecule has 0 radical (unpaired) electrons. The number of carbonyl (C=O) groups is 1. The van der Waals surface area contributed by atoms with E-state index in [-0.39, 0.29) is 11.7 Å². The third-order valence-electron chi connectivity index (χ3n) is 1.53.